The minimum atomic E-state index is 0.703. The Bertz CT molecular complexity index is 307. The third kappa shape index (κ3) is 0.850. The lowest BCUT2D eigenvalue weighted by atomic mass is 10.3. The Morgan fingerprint density at radius 2 is 2.00 bits per heavy atom. The molecule has 3 aliphatic heterocycles. The van der Waals surface area contributed by atoms with Crippen LogP contribution in [0.4, 0.5) is 0 Å². The van der Waals surface area contributed by atoms with Crippen LogP contribution in [0.15, 0.2) is 21.9 Å². The standard InChI is InChI=1S/C8H6O2S2/c1-2-6-8-7(10-4-12-8)5(1)9-3-11-6/h1-2H,3-4H2. The van der Waals surface area contributed by atoms with Crippen molar-refractivity contribution < 1.29 is 9.47 Å². The molecule has 2 nitrogen and oxygen atoms in total. The van der Waals surface area contributed by atoms with E-state index >= 15 is 0 Å². The fourth-order valence-electron chi connectivity index (χ4n) is 1.33. The zero-order chi connectivity index (χ0) is 7.97. The number of hydrogen-bond acceptors (Lipinski definition) is 4. The molecule has 0 fully saturated rings. The molecule has 0 atom stereocenters. The zero-order valence-corrected chi connectivity index (χ0v) is 7.83. The predicted molar refractivity (Wildman–Crippen MR) is 49.1 cm³/mol. The highest BCUT2D eigenvalue weighted by Crippen LogP contribution is 2.50. The number of rotatable bonds is 0. The molecule has 0 N–H and O–H groups in total. The van der Waals surface area contributed by atoms with Crippen molar-refractivity contribution in [2.24, 2.45) is 0 Å². The van der Waals surface area contributed by atoms with Crippen LogP contribution in [-0.4, -0.2) is 11.9 Å². The van der Waals surface area contributed by atoms with Crippen molar-refractivity contribution in [3.63, 3.8) is 0 Å². The van der Waals surface area contributed by atoms with Gasteiger partial charge in [0, 0.05) is 4.90 Å². The van der Waals surface area contributed by atoms with Gasteiger partial charge in [-0.1, -0.05) is 23.5 Å². The molecule has 0 saturated carbocycles. The smallest absolute Gasteiger partial charge is 0.177 e. The minimum absolute atomic E-state index is 0.703. The first kappa shape index (κ1) is 6.97. The lowest BCUT2D eigenvalue weighted by Gasteiger charge is -2.02. The monoisotopic (exact) mass is 198 g/mol. The van der Waals surface area contributed by atoms with E-state index in [2.05, 4.69) is 6.07 Å². The van der Waals surface area contributed by atoms with E-state index in [1.165, 1.54) is 9.79 Å². The van der Waals surface area contributed by atoms with Crippen LogP contribution in [0.5, 0.6) is 11.5 Å². The molecule has 0 spiro atoms. The maximum Gasteiger partial charge on any atom is 0.177 e. The van der Waals surface area contributed by atoms with Gasteiger partial charge in [0.2, 0.25) is 0 Å². The molecular weight excluding hydrogens is 192 g/mol. The molecule has 3 aliphatic rings. The van der Waals surface area contributed by atoms with E-state index in [1.807, 2.05) is 6.07 Å². The first-order chi connectivity index (χ1) is 5.95. The van der Waals surface area contributed by atoms with Gasteiger partial charge in [-0.2, -0.15) is 0 Å². The van der Waals surface area contributed by atoms with Gasteiger partial charge < -0.3 is 9.47 Å². The molecule has 4 rings (SSSR count). The quantitative estimate of drug-likeness (QED) is 0.637. The normalized spacial score (nSPS) is 18.0. The van der Waals surface area contributed by atoms with E-state index in [0.29, 0.717) is 5.94 Å². The van der Waals surface area contributed by atoms with Crippen LogP contribution in [0.25, 0.3) is 0 Å². The van der Waals surface area contributed by atoms with E-state index in [0.717, 1.165) is 17.4 Å². The van der Waals surface area contributed by atoms with Crippen molar-refractivity contribution in [2.75, 3.05) is 11.9 Å². The summed E-state index contributed by atoms with van der Waals surface area (Å²) in [5.41, 5.74) is 0. The number of fused-ring (bicyclic) bond motifs is 3. The van der Waals surface area contributed by atoms with Crippen molar-refractivity contribution >= 4 is 23.5 Å². The molecule has 62 valence electrons. The Morgan fingerprint density at radius 3 is 3.00 bits per heavy atom. The number of benzene rings is 1. The summed E-state index contributed by atoms with van der Waals surface area (Å²) in [6.07, 6.45) is 0. The van der Waals surface area contributed by atoms with Crippen molar-refractivity contribution in [1.82, 2.24) is 0 Å². The van der Waals surface area contributed by atoms with Gasteiger partial charge >= 0.3 is 0 Å². The molecule has 0 radical (unpaired) electrons. The van der Waals surface area contributed by atoms with E-state index < -0.39 is 0 Å². The maximum absolute atomic E-state index is 5.48. The van der Waals surface area contributed by atoms with E-state index in [1.54, 1.807) is 23.5 Å². The lowest BCUT2D eigenvalue weighted by molar-refractivity contribution is 0.338. The van der Waals surface area contributed by atoms with E-state index in [4.69, 9.17) is 9.47 Å². The molecule has 1 aromatic carbocycles. The predicted octanol–water partition coefficient (Wildman–Crippen LogP) is 2.57. The summed E-state index contributed by atoms with van der Waals surface area (Å²) in [6.45, 7) is 0. The molecule has 2 bridgehead atoms. The summed E-state index contributed by atoms with van der Waals surface area (Å²) in [4.78, 5) is 2.55. The molecule has 0 unspecified atom stereocenters. The van der Waals surface area contributed by atoms with Crippen LogP contribution in [0.1, 0.15) is 0 Å². The van der Waals surface area contributed by atoms with E-state index in [9.17, 15) is 0 Å². The molecule has 4 heteroatoms. The molecular formula is C8H6O2S2. The third-order valence-corrected chi connectivity index (χ3v) is 3.82. The largest absolute Gasteiger partial charge is 0.479 e. The van der Waals surface area contributed by atoms with Gasteiger partial charge in [0.15, 0.2) is 11.5 Å². The van der Waals surface area contributed by atoms with Gasteiger partial charge in [-0.25, -0.2) is 0 Å². The van der Waals surface area contributed by atoms with E-state index in [-0.39, 0.29) is 0 Å². The molecule has 0 aromatic heterocycles. The Kier molecular flexibility index (Phi) is 1.45. The van der Waals surface area contributed by atoms with Crippen LogP contribution in [0, 0.1) is 0 Å². The summed E-state index contributed by atoms with van der Waals surface area (Å²) in [5.74, 6) is 3.27. The van der Waals surface area contributed by atoms with Gasteiger partial charge in [-0.15, -0.1) is 0 Å². The SMILES string of the molecule is c1cc2c3c(c1OCS2)OCS3. The van der Waals surface area contributed by atoms with Crippen LogP contribution in [-0.2, 0) is 0 Å². The summed E-state index contributed by atoms with van der Waals surface area (Å²) in [5, 5.41) is 0. The van der Waals surface area contributed by atoms with Crippen molar-refractivity contribution in [3.8, 4) is 11.5 Å². The van der Waals surface area contributed by atoms with Crippen molar-refractivity contribution in [2.45, 2.75) is 9.79 Å². The summed E-state index contributed by atoms with van der Waals surface area (Å²) in [7, 11) is 0. The highest BCUT2D eigenvalue weighted by Gasteiger charge is 2.24. The lowest BCUT2D eigenvalue weighted by Crippen LogP contribution is -1.91. The Hall–Kier alpha value is -0.480. The van der Waals surface area contributed by atoms with Crippen LogP contribution in [0.3, 0.4) is 0 Å². The van der Waals surface area contributed by atoms with Crippen LogP contribution < -0.4 is 9.47 Å². The van der Waals surface area contributed by atoms with Gasteiger partial charge in [0.1, 0.15) is 11.9 Å². The minimum Gasteiger partial charge on any atom is -0.479 e. The second kappa shape index (κ2) is 2.50. The Balaban J connectivity index is 2.29. The molecule has 0 amide bonds. The fraction of sp³-hybridized carbons (Fsp3) is 0.250. The highest BCUT2D eigenvalue weighted by atomic mass is 32.2. The average Bonchev–Trinajstić information content (AvgIpc) is 2.40. The van der Waals surface area contributed by atoms with Crippen LogP contribution >= 0.6 is 23.5 Å². The molecule has 3 heterocycles. The average molecular weight is 198 g/mol. The summed E-state index contributed by atoms with van der Waals surface area (Å²) in [6, 6.07) is 4.09. The molecule has 12 heavy (non-hydrogen) atoms. The third-order valence-electron chi connectivity index (χ3n) is 1.88. The fourth-order valence-corrected chi connectivity index (χ4v) is 3.18. The second-order valence-corrected chi connectivity index (χ2v) is 4.43. The zero-order valence-electron chi connectivity index (χ0n) is 6.20. The van der Waals surface area contributed by atoms with Gasteiger partial charge in [0.05, 0.1) is 4.90 Å². The topological polar surface area (TPSA) is 18.5 Å². The first-order valence-electron chi connectivity index (χ1n) is 3.63. The first-order valence-corrected chi connectivity index (χ1v) is 5.60. The van der Waals surface area contributed by atoms with Gasteiger partial charge in [-0.3, -0.25) is 0 Å². The van der Waals surface area contributed by atoms with Crippen molar-refractivity contribution in [3.05, 3.63) is 12.1 Å². The van der Waals surface area contributed by atoms with Gasteiger partial charge in [-0.05, 0) is 12.1 Å². The number of thioether (sulfide) groups is 2. The Morgan fingerprint density at radius 1 is 1.08 bits per heavy atom. The number of hydrogen-bond donors (Lipinski definition) is 0. The summed E-state index contributed by atoms with van der Waals surface area (Å²) < 4.78 is 10.9. The van der Waals surface area contributed by atoms with Crippen LogP contribution in [0.2, 0.25) is 0 Å². The number of ether oxygens (including phenoxy) is 2. The van der Waals surface area contributed by atoms with Crippen molar-refractivity contribution in [1.29, 1.82) is 0 Å². The Labute approximate surface area is 78.6 Å². The maximum atomic E-state index is 5.48. The molecule has 0 aliphatic carbocycles. The summed E-state index contributed by atoms with van der Waals surface area (Å²) >= 11 is 3.48. The second-order valence-electron chi connectivity index (χ2n) is 2.53. The molecule has 0 saturated heterocycles. The van der Waals surface area contributed by atoms with Gasteiger partial charge in [0.25, 0.3) is 0 Å². The highest BCUT2D eigenvalue weighted by molar-refractivity contribution is 8.02. The molecule has 1 aromatic rings.